The number of nitrogens with zero attached hydrogens (tertiary/aromatic N) is 3. The number of likely N-dealkylation sites (tertiary alicyclic amines) is 1. The smallest absolute Gasteiger partial charge is 0.229 e. The Morgan fingerprint density at radius 1 is 1.10 bits per heavy atom. The van der Waals surface area contributed by atoms with Gasteiger partial charge in [-0.2, -0.15) is 4.98 Å². The molecule has 7 nitrogen and oxygen atoms in total. The lowest BCUT2D eigenvalue weighted by atomic mass is 10.1. The highest BCUT2D eigenvalue weighted by molar-refractivity contribution is 5.72. The summed E-state index contributed by atoms with van der Waals surface area (Å²) in [5.41, 5.74) is 3.36. The van der Waals surface area contributed by atoms with Crippen molar-refractivity contribution in [2.45, 2.75) is 52.5 Å². The van der Waals surface area contributed by atoms with Crippen LogP contribution in [-0.2, 0) is 11.3 Å². The van der Waals surface area contributed by atoms with Crippen molar-refractivity contribution >= 4 is 23.4 Å². The molecule has 1 aromatic carbocycles. The van der Waals surface area contributed by atoms with Crippen LogP contribution < -0.4 is 16.0 Å². The van der Waals surface area contributed by atoms with Crippen molar-refractivity contribution in [2.24, 2.45) is 0 Å². The van der Waals surface area contributed by atoms with Crippen molar-refractivity contribution in [3.63, 3.8) is 0 Å². The van der Waals surface area contributed by atoms with Gasteiger partial charge in [0.1, 0.15) is 5.82 Å². The van der Waals surface area contributed by atoms with Crippen LogP contribution in [0.15, 0.2) is 30.5 Å². The lowest BCUT2D eigenvalue weighted by Gasteiger charge is -2.26. The van der Waals surface area contributed by atoms with Crippen molar-refractivity contribution in [1.82, 2.24) is 20.2 Å². The van der Waals surface area contributed by atoms with Crippen LogP contribution in [0.25, 0.3) is 0 Å². The summed E-state index contributed by atoms with van der Waals surface area (Å²) in [7, 11) is 0. The van der Waals surface area contributed by atoms with Crippen LogP contribution in [0, 0.1) is 0 Å². The van der Waals surface area contributed by atoms with Crippen molar-refractivity contribution in [2.75, 3.05) is 36.8 Å². The topological polar surface area (TPSA) is 82.2 Å². The fraction of sp³-hybridized carbons (Fsp3) is 0.522. The van der Waals surface area contributed by atoms with E-state index in [9.17, 15) is 4.79 Å². The maximum Gasteiger partial charge on any atom is 0.229 e. The minimum Gasteiger partial charge on any atom is -0.368 e. The number of hydrogen-bond acceptors (Lipinski definition) is 6. The second-order valence-corrected chi connectivity index (χ2v) is 8.22. The summed E-state index contributed by atoms with van der Waals surface area (Å²) in [6.07, 6.45) is 5.85. The summed E-state index contributed by atoms with van der Waals surface area (Å²) in [6, 6.07) is 8.52. The number of hydrogen-bond donors (Lipinski definition) is 3. The first-order chi connectivity index (χ1) is 14.5. The molecule has 0 aliphatic carbocycles. The van der Waals surface area contributed by atoms with E-state index < -0.39 is 0 Å². The summed E-state index contributed by atoms with van der Waals surface area (Å²) >= 11 is 0. The van der Waals surface area contributed by atoms with E-state index in [0.717, 1.165) is 23.6 Å². The molecule has 162 valence electrons. The highest BCUT2D eigenvalue weighted by Gasteiger charge is 2.12. The average Bonchev–Trinajstić information content (AvgIpc) is 2.73. The van der Waals surface area contributed by atoms with Gasteiger partial charge in [0, 0.05) is 44.0 Å². The summed E-state index contributed by atoms with van der Waals surface area (Å²) in [4.78, 5) is 22.7. The van der Waals surface area contributed by atoms with Crippen molar-refractivity contribution in [3.8, 4) is 0 Å². The fourth-order valence-electron chi connectivity index (χ4n) is 3.63. The molecule has 0 unspecified atom stereocenters. The molecule has 2 heterocycles. The zero-order valence-electron chi connectivity index (χ0n) is 18.4. The van der Waals surface area contributed by atoms with Crippen LogP contribution in [0.1, 0.15) is 57.1 Å². The zero-order valence-corrected chi connectivity index (χ0v) is 18.4. The second-order valence-electron chi connectivity index (χ2n) is 8.22. The van der Waals surface area contributed by atoms with Crippen LogP contribution >= 0.6 is 0 Å². The second kappa shape index (κ2) is 10.9. The van der Waals surface area contributed by atoms with E-state index in [4.69, 9.17) is 0 Å². The summed E-state index contributed by atoms with van der Waals surface area (Å²) in [5, 5.41) is 9.41. The number of nitrogens with one attached hydrogen (secondary N) is 3. The predicted octanol–water partition coefficient (Wildman–Crippen LogP) is 3.88. The van der Waals surface area contributed by atoms with E-state index in [1.807, 2.05) is 6.20 Å². The molecule has 0 radical (unpaired) electrons. The first-order valence-electron chi connectivity index (χ1n) is 10.9. The standard InChI is InChI=1S/C23H34N6O/c1-17(2)21-15-26-23(28-22(21)25-12-11-24-18(3)30)27-20-9-7-19(8-10-20)16-29-13-5-4-6-14-29/h7-10,15,17H,4-6,11-14,16H2,1-3H3,(H,24,30)(H2,25,26,27,28). The monoisotopic (exact) mass is 410 g/mol. The first kappa shape index (κ1) is 22.0. The van der Waals surface area contributed by atoms with Gasteiger partial charge in [-0.1, -0.05) is 32.4 Å². The van der Waals surface area contributed by atoms with Gasteiger partial charge < -0.3 is 16.0 Å². The molecule has 1 fully saturated rings. The lowest BCUT2D eigenvalue weighted by Crippen LogP contribution is -2.29. The summed E-state index contributed by atoms with van der Waals surface area (Å²) in [6.45, 7) is 10.3. The zero-order chi connectivity index (χ0) is 21.3. The predicted molar refractivity (Wildman–Crippen MR) is 122 cm³/mol. The molecule has 1 aliphatic heterocycles. The van der Waals surface area contributed by atoms with Crippen LogP contribution in [0.5, 0.6) is 0 Å². The summed E-state index contributed by atoms with van der Waals surface area (Å²) in [5.74, 6) is 1.63. The molecule has 0 bridgehead atoms. The molecule has 1 saturated heterocycles. The van der Waals surface area contributed by atoms with Crippen molar-refractivity contribution in [3.05, 3.63) is 41.6 Å². The van der Waals surface area contributed by atoms with E-state index >= 15 is 0 Å². The SMILES string of the molecule is CC(=O)NCCNc1nc(Nc2ccc(CN3CCCCC3)cc2)ncc1C(C)C. The molecule has 7 heteroatoms. The fourth-order valence-corrected chi connectivity index (χ4v) is 3.63. The molecule has 1 aromatic heterocycles. The molecular weight excluding hydrogens is 376 g/mol. The number of benzene rings is 1. The Kier molecular flexibility index (Phi) is 8.02. The molecule has 0 atom stereocenters. The number of rotatable bonds is 9. The van der Waals surface area contributed by atoms with Gasteiger partial charge >= 0.3 is 0 Å². The lowest BCUT2D eigenvalue weighted by molar-refractivity contribution is -0.118. The maximum atomic E-state index is 11.0. The van der Waals surface area contributed by atoms with Gasteiger partial charge in [-0.05, 0) is 49.5 Å². The maximum absolute atomic E-state index is 11.0. The Labute approximate surface area is 179 Å². The normalized spacial score (nSPS) is 14.5. The third kappa shape index (κ3) is 6.69. The van der Waals surface area contributed by atoms with Crippen LogP contribution in [0.3, 0.4) is 0 Å². The third-order valence-corrected chi connectivity index (χ3v) is 5.30. The number of carbonyl (C=O) groups excluding carboxylic acids is 1. The highest BCUT2D eigenvalue weighted by Crippen LogP contribution is 2.24. The number of piperidine rings is 1. The number of amides is 1. The van der Waals surface area contributed by atoms with Gasteiger partial charge in [0.2, 0.25) is 11.9 Å². The van der Waals surface area contributed by atoms with Crippen LogP contribution in [0.2, 0.25) is 0 Å². The highest BCUT2D eigenvalue weighted by atomic mass is 16.1. The molecule has 1 amide bonds. The molecular formula is C23H34N6O. The number of anilines is 3. The molecule has 0 saturated carbocycles. The van der Waals surface area contributed by atoms with E-state index in [1.165, 1.54) is 44.8 Å². The van der Waals surface area contributed by atoms with E-state index in [-0.39, 0.29) is 5.91 Å². The van der Waals surface area contributed by atoms with Gasteiger partial charge in [-0.3, -0.25) is 9.69 Å². The quantitative estimate of drug-likeness (QED) is 0.544. The van der Waals surface area contributed by atoms with E-state index in [0.29, 0.717) is 25.0 Å². The molecule has 3 rings (SSSR count). The molecule has 30 heavy (non-hydrogen) atoms. The van der Waals surface area contributed by atoms with Gasteiger partial charge in [0.15, 0.2) is 0 Å². The largest absolute Gasteiger partial charge is 0.368 e. The van der Waals surface area contributed by atoms with Crippen LogP contribution in [-0.4, -0.2) is 47.0 Å². The number of carbonyl (C=O) groups is 1. The number of aromatic nitrogens is 2. The van der Waals surface area contributed by atoms with Gasteiger partial charge in [-0.25, -0.2) is 4.98 Å². The molecule has 2 aromatic rings. The van der Waals surface area contributed by atoms with E-state index in [2.05, 4.69) is 68.9 Å². The average molecular weight is 411 g/mol. The molecule has 0 spiro atoms. The van der Waals surface area contributed by atoms with Gasteiger partial charge in [-0.15, -0.1) is 0 Å². The molecule has 1 aliphatic rings. The Morgan fingerprint density at radius 2 is 1.83 bits per heavy atom. The summed E-state index contributed by atoms with van der Waals surface area (Å²) < 4.78 is 0. The minimum atomic E-state index is -0.0327. The Hall–Kier alpha value is -2.67. The van der Waals surface area contributed by atoms with Crippen molar-refractivity contribution < 1.29 is 4.79 Å². The van der Waals surface area contributed by atoms with Gasteiger partial charge in [0.05, 0.1) is 0 Å². The Balaban J connectivity index is 1.62. The molecule has 3 N–H and O–H groups in total. The van der Waals surface area contributed by atoms with E-state index in [1.54, 1.807) is 0 Å². The van der Waals surface area contributed by atoms with Crippen molar-refractivity contribution in [1.29, 1.82) is 0 Å². The minimum absolute atomic E-state index is 0.0327. The first-order valence-corrected chi connectivity index (χ1v) is 10.9. The Morgan fingerprint density at radius 3 is 2.50 bits per heavy atom. The third-order valence-electron chi connectivity index (χ3n) is 5.30. The van der Waals surface area contributed by atoms with Gasteiger partial charge in [0.25, 0.3) is 0 Å². The Bertz CT molecular complexity index is 815. The van der Waals surface area contributed by atoms with Crippen LogP contribution in [0.4, 0.5) is 17.5 Å².